The van der Waals surface area contributed by atoms with Crippen molar-refractivity contribution in [3.8, 4) is 5.69 Å². The molecule has 126 valence electrons. The van der Waals surface area contributed by atoms with Crippen molar-refractivity contribution >= 4 is 29.6 Å². The van der Waals surface area contributed by atoms with Crippen molar-refractivity contribution in [2.24, 2.45) is 0 Å². The van der Waals surface area contributed by atoms with Crippen LogP contribution < -0.4 is 0 Å². The summed E-state index contributed by atoms with van der Waals surface area (Å²) >= 11 is 5.99. The molecule has 0 amide bonds. The van der Waals surface area contributed by atoms with Crippen LogP contribution in [0.25, 0.3) is 11.8 Å². The molecule has 0 fully saturated rings. The second-order valence-electron chi connectivity index (χ2n) is 5.92. The SMILES string of the molecule is CC(C)(C)OC(=O)/C=C/c1cc(Cl)ccc1-n1cc(C(=O)O)nn1. The first-order valence-corrected chi connectivity index (χ1v) is 7.40. The zero-order valence-corrected chi connectivity index (χ0v) is 14.1. The lowest BCUT2D eigenvalue weighted by molar-refractivity contribution is -0.148. The Morgan fingerprint density at radius 1 is 1.33 bits per heavy atom. The number of carboxylic acids is 1. The number of aromatic carboxylic acids is 1. The Balaban J connectivity index is 2.34. The maximum absolute atomic E-state index is 11.8. The summed E-state index contributed by atoms with van der Waals surface area (Å²) in [6.07, 6.45) is 4.07. The normalized spacial score (nSPS) is 11.7. The third-order valence-electron chi connectivity index (χ3n) is 2.75. The Hall–Kier alpha value is -2.67. The highest BCUT2D eigenvalue weighted by Crippen LogP contribution is 2.21. The van der Waals surface area contributed by atoms with Gasteiger partial charge in [-0.25, -0.2) is 14.3 Å². The summed E-state index contributed by atoms with van der Waals surface area (Å²) in [5, 5.41) is 16.7. The summed E-state index contributed by atoms with van der Waals surface area (Å²) in [6, 6.07) is 4.90. The van der Waals surface area contributed by atoms with Gasteiger partial charge < -0.3 is 9.84 Å². The van der Waals surface area contributed by atoms with Crippen LogP contribution in [0.1, 0.15) is 36.8 Å². The van der Waals surface area contributed by atoms with Crippen molar-refractivity contribution in [3.05, 3.63) is 46.8 Å². The molecule has 2 rings (SSSR count). The fraction of sp³-hybridized carbons (Fsp3) is 0.250. The molecule has 0 aliphatic rings. The van der Waals surface area contributed by atoms with E-state index in [1.807, 2.05) is 0 Å². The van der Waals surface area contributed by atoms with Crippen molar-refractivity contribution in [2.45, 2.75) is 26.4 Å². The number of benzene rings is 1. The van der Waals surface area contributed by atoms with Crippen LogP contribution in [0.5, 0.6) is 0 Å². The highest BCUT2D eigenvalue weighted by molar-refractivity contribution is 6.30. The average Bonchev–Trinajstić information content (AvgIpc) is 2.93. The van der Waals surface area contributed by atoms with E-state index in [4.69, 9.17) is 21.4 Å². The number of rotatable bonds is 4. The van der Waals surface area contributed by atoms with Crippen LogP contribution in [0.15, 0.2) is 30.5 Å². The number of aromatic nitrogens is 3. The van der Waals surface area contributed by atoms with Crippen LogP contribution in [-0.2, 0) is 9.53 Å². The Morgan fingerprint density at radius 3 is 2.62 bits per heavy atom. The van der Waals surface area contributed by atoms with Gasteiger partial charge in [0.2, 0.25) is 0 Å². The summed E-state index contributed by atoms with van der Waals surface area (Å²) in [4.78, 5) is 22.7. The number of ether oxygens (including phenoxy) is 1. The number of carbonyl (C=O) groups is 2. The van der Waals surface area contributed by atoms with E-state index in [9.17, 15) is 9.59 Å². The molecule has 1 heterocycles. The van der Waals surface area contributed by atoms with E-state index in [2.05, 4.69) is 10.3 Å². The Kier molecular flexibility index (Phi) is 5.04. The molecule has 0 saturated heterocycles. The van der Waals surface area contributed by atoms with E-state index in [0.29, 0.717) is 16.3 Å². The number of nitrogens with zero attached hydrogens (tertiary/aromatic N) is 3. The third kappa shape index (κ3) is 4.66. The Morgan fingerprint density at radius 2 is 2.04 bits per heavy atom. The van der Waals surface area contributed by atoms with Gasteiger partial charge in [-0.05, 0) is 45.0 Å². The van der Waals surface area contributed by atoms with Crippen LogP contribution in [-0.4, -0.2) is 37.6 Å². The Bertz CT molecular complexity index is 806. The first kappa shape index (κ1) is 17.7. The number of esters is 1. The highest BCUT2D eigenvalue weighted by atomic mass is 35.5. The lowest BCUT2D eigenvalue weighted by Crippen LogP contribution is -2.22. The molecule has 0 bridgehead atoms. The van der Waals surface area contributed by atoms with Crippen molar-refractivity contribution in [1.82, 2.24) is 15.0 Å². The first-order chi connectivity index (χ1) is 11.2. The van der Waals surface area contributed by atoms with Gasteiger partial charge in [0.05, 0.1) is 11.9 Å². The minimum Gasteiger partial charge on any atom is -0.476 e. The topological polar surface area (TPSA) is 94.3 Å². The first-order valence-electron chi connectivity index (χ1n) is 7.02. The lowest BCUT2D eigenvalue weighted by atomic mass is 10.1. The van der Waals surface area contributed by atoms with Gasteiger partial charge in [-0.3, -0.25) is 0 Å². The number of carbonyl (C=O) groups excluding carboxylic acids is 1. The van der Waals surface area contributed by atoms with Gasteiger partial charge in [-0.15, -0.1) is 5.10 Å². The van der Waals surface area contributed by atoms with Crippen LogP contribution >= 0.6 is 11.6 Å². The van der Waals surface area contributed by atoms with Gasteiger partial charge >= 0.3 is 11.9 Å². The van der Waals surface area contributed by atoms with Gasteiger partial charge in [0, 0.05) is 16.7 Å². The number of halogens is 1. The van der Waals surface area contributed by atoms with Gasteiger partial charge in [0.1, 0.15) is 5.60 Å². The summed E-state index contributed by atoms with van der Waals surface area (Å²) in [5.41, 5.74) is 0.308. The summed E-state index contributed by atoms with van der Waals surface area (Å²) < 4.78 is 6.50. The zero-order chi connectivity index (χ0) is 17.9. The molecule has 0 spiro atoms. The molecule has 8 heteroatoms. The van der Waals surface area contributed by atoms with Gasteiger partial charge in [0.25, 0.3) is 0 Å². The summed E-state index contributed by atoms with van der Waals surface area (Å²) in [7, 11) is 0. The molecular formula is C16H16ClN3O4. The molecule has 24 heavy (non-hydrogen) atoms. The monoisotopic (exact) mass is 349 g/mol. The molecule has 0 atom stereocenters. The quantitative estimate of drug-likeness (QED) is 0.673. The molecule has 2 aromatic rings. The van der Waals surface area contributed by atoms with Crippen LogP contribution in [0.2, 0.25) is 5.02 Å². The fourth-order valence-corrected chi connectivity index (χ4v) is 2.02. The molecule has 7 nitrogen and oxygen atoms in total. The van der Waals surface area contributed by atoms with Gasteiger partial charge in [0.15, 0.2) is 5.69 Å². The molecule has 1 aromatic heterocycles. The van der Waals surface area contributed by atoms with E-state index in [1.165, 1.54) is 23.0 Å². The smallest absolute Gasteiger partial charge is 0.358 e. The fourth-order valence-electron chi connectivity index (χ4n) is 1.84. The van der Waals surface area contributed by atoms with E-state index in [0.717, 1.165) is 0 Å². The van der Waals surface area contributed by atoms with Crippen LogP contribution in [0.4, 0.5) is 0 Å². The molecule has 0 radical (unpaired) electrons. The van der Waals surface area contributed by atoms with Crippen LogP contribution in [0.3, 0.4) is 0 Å². The van der Waals surface area contributed by atoms with Gasteiger partial charge in [-0.2, -0.15) is 0 Å². The van der Waals surface area contributed by atoms with E-state index < -0.39 is 17.5 Å². The molecule has 0 saturated carbocycles. The van der Waals surface area contributed by atoms with Crippen molar-refractivity contribution < 1.29 is 19.4 Å². The van der Waals surface area contributed by atoms with Crippen LogP contribution in [0, 0.1) is 0 Å². The maximum atomic E-state index is 11.8. The van der Waals surface area contributed by atoms with Crippen molar-refractivity contribution in [1.29, 1.82) is 0 Å². The molecule has 1 N–H and O–H groups in total. The number of hydrogen-bond acceptors (Lipinski definition) is 5. The number of hydrogen-bond donors (Lipinski definition) is 1. The highest BCUT2D eigenvalue weighted by Gasteiger charge is 2.15. The lowest BCUT2D eigenvalue weighted by Gasteiger charge is -2.18. The second kappa shape index (κ2) is 6.84. The Labute approximate surface area is 143 Å². The predicted molar refractivity (Wildman–Crippen MR) is 88.2 cm³/mol. The summed E-state index contributed by atoms with van der Waals surface area (Å²) in [6.45, 7) is 5.31. The van der Waals surface area contributed by atoms with Crippen molar-refractivity contribution in [3.63, 3.8) is 0 Å². The van der Waals surface area contributed by atoms with E-state index >= 15 is 0 Å². The summed E-state index contributed by atoms with van der Waals surface area (Å²) in [5.74, 6) is -1.68. The average molecular weight is 350 g/mol. The number of carboxylic acid groups (broad SMARTS) is 1. The molecule has 1 aromatic carbocycles. The molecular weight excluding hydrogens is 334 g/mol. The standard InChI is InChI=1S/C16H16ClN3O4/c1-16(2,3)24-14(21)7-4-10-8-11(17)5-6-13(10)20-9-12(15(22)23)18-19-20/h4-9H,1-3H3,(H,22,23)/b7-4+. The third-order valence-corrected chi connectivity index (χ3v) is 2.99. The van der Waals surface area contributed by atoms with E-state index in [-0.39, 0.29) is 5.69 Å². The minimum atomic E-state index is -1.18. The van der Waals surface area contributed by atoms with Crippen molar-refractivity contribution in [2.75, 3.05) is 0 Å². The molecule has 0 aliphatic carbocycles. The van der Waals surface area contributed by atoms with E-state index in [1.54, 1.807) is 39.0 Å². The van der Waals surface area contributed by atoms with Gasteiger partial charge in [-0.1, -0.05) is 16.8 Å². The predicted octanol–water partition coefficient (Wildman–Crippen LogP) is 2.97. The maximum Gasteiger partial charge on any atom is 0.358 e. The second-order valence-corrected chi connectivity index (χ2v) is 6.36. The minimum absolute atomic E-state index is 0.188. The molecule has 0 aliphatic heterocycles. The largest absolute Gasteiger partial charge is 0.476 e. The molecule has 0 unspecified atom stereocenters. The zero-order valence-electron chi connectivity index (χ0n) is 13.4.